The molecule has 1 N–H and O–H groups in total. The second-order valence-electron chi connectivity index (χ2n) is 3.30. The Bertz CT molecular complexity index is 637. The van der Waals surface area contributed by atoms with Crippen LogP contribution in [0.4, 0.5) is 4.39 Å². The third-order valence-corrected chi connectivity index (χ3v) is 3.86. The summed E-state index contributed by atoms with van der Waals surface area (Å²) in [5.41, 5.74) is 0. The molecule has 0 saturated carbocycles. The first kappa shape index (κ1) is 11.0. The first-order valence-corrected chi connectivity index (χ1v) is 6.15. The minimum absolute atomic E-state index is 0.0898. The van der Waals surface area contributed by atoms with Crippen molar-refractivity contribution in [3.05, 3.63) is 42.2 Å². The SMILES string of the molecule is CNS(=O)(=O)c1ccc(F)c2ccccc12. The van der Waals surface area contributed by atoms with Crippen molar-refractivity contribution < 1.29 is 12.8 Å². The monoisotopic (exact) mass is 239 g/mol. The zero-order chi connectivity index (χ0) is 11.8. The van der Waals surface area contributed by atoms with E-state index in [-0.39, 0.29) is 4.90 Å². The second-order valence-corrected chi connectivity index (χ2v) is 5.15. The van der Waals surface area contributed by atoms with Crippen molar-refractivity contribution in [2.24, 2.45) is 0 Å². The lowest BCUT2D eigenvalue weighted by molar-refractivity contribution is 0.588. The first-order valence-electron chi connectivity index (χ1n) is 4.67. The van der Waals surface area contributed by atoms with Crippen LogP contribution in [0.1, 0.15) is 0 Å². The predicted octanol–water partition coefficient (Wildman–Crippen LogP) is 1.89. The van der Waals surface area contributed by atoms with Gasteiger partial charge in [0.15, 0.2) is 0 Å². The molecule has 0 aromatic heterocycles. The van der Waals surface area contributed by atoms with Crippen LogP contribution in [0.2, 0.25) is 0 Å². The summed E-state index contributed by atoms with van der Waals surface area (Å²) in [6.07, 6.45) is 0. The van der Waals surface area contributed by atoms with Crippen molar-refractivity contribution in [2.45, 2.75) is 4.90 Å². The highest BCUT2D eigenvalue weighted by Gasteiger charge is 2.16. The fraction of sp³-hybridized carbons (Fsp3) is 0.0909. The standard InChI is InChI=1S/C11H10FNO2S/c1-13-16(14,15)11-7-6-10(12)8-4-2-3-5-9(8)11/h2-7,13H,1H3. The van der Waals surface area contributed by atoms with E-state index >= 15 is 0 Å². The Morgan fingerprint density at radius 3 is 2.31 bits per heavy atom. The minimum Gasteiger partial charge on any atom is -0.214 e. The molecule has 2 aromatic carbocycles. The van der Waals surface area contributed by atoms with Crippen LogP contribution in [-0.4, -0.2) is 15.5 Å². The summed E-state index contributed by atoms with van der Waals surface area (Å²) >= 11 is 0. The lowest BCUT2D eigenvalue weighted by Crippen LogP contribution is -2.18. The van der Waals surface area contributed by atoms with Gasteiger partial charge in [-0.15, -0.1) is 0 Å². The van der Waals surface area contributed by atoms with E-state index in [1.807, 2.05) is 0 Å². The summed E-state index contributed by atoms with van der Waals surface area (Å²) in [4.78, 5) is 0.0898. The first-order chi connectivity index (χ1) is 7.56. The van der Waals surface area contributed by atoms with Gasteiger partial charge in [0.25, 0.3) is 0 Å². The van der Waals surface area contributed by atoms with Gasteiger partial charge in [-0.25, -0.2) is 17.5 Å². The molecule has 0 bridgehead atoms. The van der Waals surface area contributed by atoms with Crippen LogP contribution in [0.3, 0.4) is 0 Å². The van der Waals surface area contributed by atoms with Crippen LogP contribution < -0.4 is 4.72 Å². The molecular weight excluding hydrogens is 229 g/mol. The Kier molecular flexibility index (Phi) is 2.65. The summed E-state index contributed by atoms with van der Waals surface area (Å²) in [7, 11) is -2.23. The van der Waals surface area contributed by atoms with Crippen molar-refractivity contribution in [3.8, 4) is 0 Å². The van der Waals surface area contributed by atoms with Gasteiger partial charge in [0.1, 0.15) is 5.82 Å². The van der Waals surface area contributed by atoms with Crippen LogP contribution in [0.25, 0.3) is 10.8 Å². The quantitative estimate of drug-likeness (QED) is 0.869. The molecule has 0 spiro atoms. The zero-order valence-corrected chi connectivity index (χ0v) is 9.38. The van der Waals surface area contributed by atoms with E-state index in [0.29, 0.717) is 10.8 Å². The van der Waals surface area contributed by atoms with E-state index in [4.69, 9.17) is 0 Å². The Morgan fingerprint density at radius 1 is 1.06 bits per heavy atom. The third-order valence-electron chi connectivity index (χ3n) is 2.39. The highest BCUT2D eigenvalue weighted by molar-refractivity contribution is 7.89. The summed E-state index contributed by atoms with van der Waals surface area (Å²) < 4.78 is 39.0. The third kappa shape index (κ3) is 1.68. The average molecular weight is 239 g/mol. The lowest BCUT2D eigenvalue weighted by atomic mass is 10.1. The number of fused-ring (bicyclic) bond motifs is 1. The Morgan fingerprint density at radius 2 is 1.69 bits per heavy atom. The molecule has 2 aromatic rings. The summed E-state index contributed by atoms with van der Waals surface area (Å²) in [5.74, 6) is -0.425. The lowest BCUT2D eigenvalue weighted by Gasteiger charge is -2.07. The van der Waals surface area contributed by atoms with E-state index in [1.54, 1.807) is 24.3 Å². The van der Waals surface area contributed by atoms with Crippen LogP contribution >= 0.6 is 0 Å². The van der Waals surface area contributed by atoms with Crippen molar-refractivity contribution in [1.29, 1.82) is 0 Å². The number of sulfonamides is 1. The molecule has 0 heterocycles. The number of hydrogen-bond acceptors (Lipinski definition) is 2. The maximum atomic E-state index is 13.4. The molecule has 0 unspecified atom stereocenters. The van der Waals surface area contributed by atoms with Gasteiger partial charge in [0, 0.05) is 10.8 Å². The molecular formula is C11H10FNO2S. The van der Waals surface area contributed by atoms with Gasteiger partial charge in [-0.3, -0.25) is 0 Å². The smallest absolute Gasteiger partial charge is 0.214 e. The predicted molar refractivity (Wildman–Crippen MR) is 60.2 cm³/mol. The maximum Gasteiger partial charge on any atom is 0.240 e. The summed E-state index contributed by atoms with van der Waals surface area (Å²) in [5, 5.41) is 0.690. The van der Waals surface area contributed by atoms with E-state index in [0.717, 1.165) is 6.07 Å². The van der Waals surface area contributed by atoms with Gasteiger partial charge in [-0.1, -0.05) is 24.3 Å². The van der Waals surface area contributed by atoms with Crippen molar-refractivity contribution >= 4 is 20.8 Å². The Labute approximate surface area is 93.0 Å². The van der Waals surface area contributed by atoms with Gasteiger partial charge >= 0.3 is 0 Å². The second kappa shape index (κ2) is 3.84. The molecule has 0 aliphatic rings. The van der Waals surface area contributed by atoms with Crippen LogP contribution in [0.15, 0.2) is 41.3 Å². The molecule has 0 aliphatic carbocycles. The molecule has 0 saturated heterocycles. The van der Waals surface area contributed by atoms with Gasteiger partial charge in [-0.2, -0.15) is 0 Å². The number of hydrogen-bond donors (Lipinski definition) is 1. The molecule has 2 rings (SSSR count). The number of nitrogens with one attached hydrogen (secondary N) is 1. The summed E-state index contributed by atoms with van der Waals surface area (Å²) in [6, 6.07) is 8.91. The number of benzene rings is 2. The molecule has 16 heavy (non-hydrogen) atoms. The molecule has 0 atom stereocenters. The van der Waals surface area contributed by atoms with E-state index < -0.39 is 15.8 Å². The van der Waals surface area contributed by atoms with Gasteiger partial charge in [0.05, 0.1) is 4.90 Å². The topological polar surface area (TPSA) is 46.2 Å². The fourth-order valence-corrected chi connectivity index (χ4v) is 2.51. The highest BCUT2D eigenvalue weighted by atomic mass is 32.2. The van der Waals surface area contributed by atoms with E-state index in [9.17, 15) is 12.8 Å². The van der Waals surface area contributed by atoms with E-state index in [1.165, 1.54) is 13.1 Å². The molecule has 84 valence electrons. The highest BCUT2D eigenvalue weighted by Crippen LogP contribution is 2.24. The minimum atomic E-state index is -3.56. The van der Waals surface area contributed by atoms with Gasteiger partial charge in [0.2, 0.25) is 10.0 Å². The van der Waals surface area contributed by atoms with Crippen LogP contribution in [-0.2, 0) is 10.0 Å². The van der Waals surface area contributed by atoms with Crippen molar-refractivity contribution in [2.75, 3.05) is 7.05 Å². The zero-order valence-electron chi connectivity index (χ0n) is 8.57. The molecule has 3 nitrogen and oxygen atoms in total. The van der Waals surface area contributed by atoms with Crippen molar-refractivity contribution in [3.63, 3.8) is 0 Å². The Balaban J connectivity index is 2.88. The molecule has 0 radical (unpaired) electrons. The summed E-state index contributed by atoms with van der Waals surface area (Å²) in [6.45, 7) is 0. The fourth-order valence-electron chi connectivity index (χ4n) is 1.58. The van der Waals surface area contributed by atoms with Crippen LogP contribution in [0, 0.1) is 5.82 Å². The number of rotatable bonds is 2. The maximum absolute atomic E-state index is 13.4. The molecule has 0 aliphatic heterocycles. The Hall–Kier alpha value is -1.46. The van der Waals surface area contributed by atoms with Gasteiger partial charge in [-0.05, 0) is 19.2 Å². The molecule has 5 heteroatoms. The van der Waals surface area contributed by atoms with Crippen molar-refractivity contribution in [1.82, 2.24) is 4.72 Å². The molecule has 0 amide bonds. The molecule has 0 fully saturated rings. The average Bonchev–Trinajstić information content (AvgIpc) is 2.29. The van der Waals surface area contributed by atoms with E-state index in [2.05, 4.69) is 4.72 Å². The largest absolute Gasteiger partial charge is 0.240 e. The number of halogens is 1. The van der Waals surface area contributed by atoms with Gasteiger partial charge < -0.3 is 0 Å². The normalized spacial score (nSPS) is 11.9. The van der Waals surface area contributed by atoms with Crippen LogP contribution in [0.5, 0.6) is 0 Å².